The molecule has 0 fully saturated rings. The summed E-state index contributed by atoms with van der Waals surface area (Å²) in [6, 6.07) is 7.39. The third kappa shape index (κ3) is 4.57. The molecule has 0 atom stereocenters. The SMILES string of the molecule is CCOC(=O)Nc1ccc(NCc2cc(S)cs2)cc1N. The van der Waals surface area contributed by atoms with E-state index in [1.807, 2.05) is 17.5 Å². The van der Waals surface area contributed by atoms with Gasteiger partial charge in [0.1, 0.15) is 0 Å². The van der Waals surface area contributed by atoms with E-state index in [9.17, 15) is 4.79 Å². The third-order valence-corrected chi connectivity index (χ3v) is 4.04. The van der Waals surface area contributed by atoms with Crippen molar-refractivity contribution in [2.45, 2.75) is 18.4 Å². The molecular weight excluding hydrogens is 306 g/mol. The maximum Gasteiger partial charge on any atom is 0.411 e. The van der Waals surface area contributed by atoms with Gasteiger partial charge in [0.05, 0.1) is 18.0 Å². The highest BCUT2D eigenvalue weighted by atomic mass is 32.1. The molecule has 2 rings (SSSR count). The van der Waals surface area contributed by atoms with E-state index in [0.29, 0.717) is 24.5 Å². The van der Waals surface area contributed by atoms with Gasteiger partial charge in [0.25, 0.3) is 0 Å². The molecule has 1 aromatic heterocycles. The fraction of sp³-hybridized carbons (Fsp3) is 0.214. The van der Waals surface area contributed by atoms with E-state index in [4.69, 9.17) is 10.5 Å². The Labute approximate surface area is 132 Å². The maximum absolute atomic E-state index is 11.4. The lowest BCUT2D eigenvalue weighted by atomic mass is 10.2. The van der Waals surface area contributed by atoms with Gasteiger partial charge in [-0.25, -0.2) is 4.79 Å². The first kappa shape index (κ1) is 15.5. The summed E-state index contributed by atoms with van der Waals surface area (Å²) in [6.07, 6.45) is -0.509. The van der Waals surface area contributed by atoms with Gasteiger partial charge in [0.2, 0.25) is 0 Å². The van der Waals surface area contributed by atoms with E-state index in [1.165, 1.54) is 4.88 Å². The van der Waals surface area contributed by atoms with E-state index < -0.39 is 6.09 Å². The largest absolute Gasteiger partial charge is 0.450 e. The quantitative estimate of drug-likeness (QED) is 0.499. The summed E-state index contributed by atoms with van der Waals surface area (Å²) >= 11 is 5.92. The van der Waals surface area contributed by atoms with E-state index >= 15 is 0 Å². The normalized spacial score (nSPS) is 10.2. The molecule has 112 valence electrons. The number of hydrogen-bond donors (Lipinski definition) is 4. The van der Waals surface area contributed by atoms with Crippen molar-refractivity contribution in [2.75, 3.05) is 23.0 Å². The molecule has 7 heteroatoms. The van der Waals surface area contributed by atoms with E-state index in [2.05, 4.69) is 23.3 Å². The van der Waals surface area contributed by atoms with Crippen LogP contribution in [0.25, 0.3) is 0 Å². The molecule has 2 aromatic rings. The summed E-state index contributed by atoms with van der Waals surface area (Å²) in [6.45, 7) is 2.77. The Hall–Kier alpha value is -1.86. The zero-order valence-corrected chi connectivity index (χ0v) is 13.3. The van der Waals surface area contributed by atoms with Gasteiger partial charge in [0, 0.05) is 27.4 Å². The lowest BCUT2D eigenvalue weighted by Gasteiger charge is -2.11. The topological polar surface area (TPSA) is 76.4 Å². The lowest BCUT2D eigenvalue weighted by molar-refractivity contribution is 0.168. The van der Waals surface area contributed by atoms with E-state index in [0.717, 1.165) is 10.6 Å². The Morgan fingerprint density at radius 2 is 2.24 bits per heavy atom. The van der Waals surface area contributed by atoms with Crippen LogP contribution in [0.1, 0.15) is 11.8 Å². The highest BCUT2D eigenvalue weighted by Crippen LogP contribution is 2.24. The minimum absolute atomic E-state index is 0.319. The predicted octanol–water partition coefficient (Wildman–Crippen LogP) is 3.80. The number of thiol groups is 1. The average molecular weight is 323 g/mol. The van der Waals surface area contributed by atoms with Crippen molar-refractivity contribution in [3.63, 3.8) is 0 Å². The molecule has 0 saturated heterocycles. The van der Waals surface area contributed by atoms with Crippen LogP contribution in [0.5, 0.6) is 0 Å². The molecule has 0 unspecified atom stereocenters. The molecule has 0 aliphatic carbocycles. The van der Waals surface area contributed by atoms with Crippen LogP contribution in [0.15, 0.2) is 34.5 Å². The summed E-state index contributed by atoms with van der Waals surface area (Å²) in [5.74, 6) is 0. The molecular formula is C14H17N3O2S2. The molecule has 1 heterocycles. The smallest absolute Gasteiger partial charge is 0.411 e. The van der Waals surface area contributed by atoms with Gasteiger partial charge in [0.15, 0.2) is 0 Å². The molecule has 21 heavy (non-hydrogen) atoms. The summed E-state index contributed by atoms with van der Waals surface area (Å²) in [4.78, 5) is 13.5. The van der Waals surface area contributed by atoms with Crippen molar-refractivity contribution < 1.29 is 9.53 Å². The fourth-order valence-electron chi connectivity index (χ4n) is 1.71. The van der Waals surface area contributed by atoms with Gasteiger partial charge in [-0.2, -0.15) is 0 Å². The average Bonchev–Trinajstić information content (AvgIpc) is 2.85. The standard InChI is InChI=1S/C14H17N3O2S2/c1-2-19-14(18)17-13-4-3-9(5-12(13)15)16-7-11-6-10(20)8-21-11/h3-6,8,16,20H,2,7,15H2,1H3,(H,17,18). The molecule has 0 radical (unpaired) electrons. The Bertz CT molecular complexity index is 628. The van der Waals surface area contributed by atoms with Crippen LogP contribution in [0.3, 0.4) is 0 Å². The number of nitrogen functional groups attached to an aromatic ring is 1. The summed E-state index contributed by atoms with van der Waals surface area (Å²) < 4.78 is 4.81. The second kappa shape index (κ2) is 7.24. The number of ether oxygens (including phenoxy) is 1. The van der Waals surface area contributed by atoms with Crippen molar-refractivity contribution in [1.29, 1.82) is 0 Å². The Morgan fingerprint density at radius 1 is 1.43 bits per heavy atom. The Morgan fingerprint density at radius 3 is 2.86 bits per heavy atom. The second-order valence-electron chi connectivity index (χ2n) is 4.27. The number of rotatable bonds is 5. The first-order valence-corrected chi connectivity index (χ1v) is 7.74. The second-order valence-corrected chi connectivity index (χ2v) is 5.78. The monoisotopic (exact) mass is 323 g/mol. The number of thiophene rings is 1. The van der Waals surface area contributed by atoms with Gasteiger partial charge in [-0.05, 0) is 31.2 Å². The van der Waals surface area contributed by atoms with Crippen molar-refractivity contribution >= 4 is 47.1 Å². The van der Waals surface area contributed by atoms with Gasteiger partial charge in [-0.1, -0.05) is 0 Å². The van der Waals surface area contributed by atoms with Crippen molar-refractivity contribution in [3.8, 4) is 0 Å². The third-order valence-electron chi connectivity index (χ3n) is 2.67. The van der Waals surface area contributed by atoms with Gasteiger partial charge in [-0.3, -0.25) is 5.32 Å². The molecule has 0 aliphatic heterocycles. The minimum atomic E-state index is -0.509. The van der Waals surface area contributed by atoms with Crippen molar-refractivity contribution in [3.05, 3.63) is 34.5 Å². The van der Waals surface area contributed by atoms with Crippen LogP contribution in [0.2, 0.25) is 0 Å². The van der Waals surface area contributed by atoms with Crippen LogP contribution in [-0.2, 0) is 11.3 Å². The molecule has 0 saturated carbocycles. The molecule has 5 nitrogen and oxygen atoms in total. The van der Waals surface area contributed by atoms with Crippen LogP contribution in [-0.4, -0.2) is 12.7 Å². The molecule has 1 aromatic carbocycles. The first-order chi connectivity index (χ1) is 10.1. The Kier molecular flexibility index (Phi) is 5.35. The zero-order valence-electron chi connectivity index (χ0n) is 11.6. The number of hydrogen-bond acceptors (Lipinski definition) is 6. The van der Waals surface area contributed by atoms with Crippen LogP contribution in [0.4, 0.5) is 21.9 Å². The van der Waals surface area contributed by atoms with Crippen LogP contribution in [0, 0.1) is 0 Å². The number of carbonyl (C=O) groups is 1. The highest BCUT2D eigenvalue weighted by Gasteiger charge is 2.06. The van der Waals surface area contributed by atoms with E-state index in [-0.39, 0.29) is 0 Å². The van der Waals surface area contributed by atoms with Gasteiger partial charge < -0.3 is 15.8 Å². The zero-order chi connectivity index (χ0) is 15.2. The number of amides is 1. The molecule has 0 spiro atoms. The molecule has 4 N–H and O–H groups in total. The number of nitrogens with two attached hydrogens (primary N) is 1. The lowest BCUT2D eigenvalue weighted by Crippen LogP contribution is -2.14. The molecule has 0 bridgehead atoms. The minimum Gasteiger partial charge on any atom is -0.450 e. The molecule has 0 aliphatic rings. The van der Waals surface area contributed by atoms with Crippen molar-refractivity contribution in [2.24, 2.45) is 0 Å². The summed E-state index contributed by atoms with van der Waals surface area (Å²) in [5, 5.41) is 7.85. The van der Waals surface area contributed by atoms with Crippen LogP contribution < -0.4 is 16.4 Å². The van der Waals surface area contributed by atoms with Gasteiger partial charge in [-0.15, -0.1) is 24.0 Å². The first-order valence-electron chi connectivity index (χ1n) is 6.42. The maximum atomic E-state index is 11.4. The summed E-state index contributed by atoms with van der Waals surface area (Å²) in [5.41, 5.74) is 7.82. The highest BCUT2D eigenvalue weighted by molar-refractivity contribution is 7.80. The number of nitrogens with one attached hydrogen (secondary N) is 2. The number of anilines is 3. The Balaban J connectivity index is 1.96. The molecule has 1 amide bonds. The number of carbonyl (C=O) groups excluding carboxylic acids is 1. The van der Waals surface area contributed by atoms with Crippen molar-refractivity contribution in [1.82, 2.24) is 0 Å². The number of benzene rings is 1. The van der Waals surface area contributed by atoms with Crippen LogP contribution >= 0.6 is 24.0 Å². The summed E-state index contributed by atoms with van der Waals surface area (Å²) in [7, 11) is 0. The van der Waals surface area contributed by atoms with E-state index in [1.54, 1.807) is 30.4 Å². The predicted molar refractivity (Wildman–Crippen MR) is 90.4 cm³/mol. The fourth-order valence-corrected chi connectivity index (χ4v) is 2.81. The van der Waals surface area contributed by atoms with Gasteiger partial charge >= 0.3 is 6.09 Å².